The summed E-state index contributed by atoms with van der Waals surface area (Å²) in [5, 5.41) is 2.58. The van der Waals surface area contributed by atoms with Gasteiger partial charge in [-0.25, -0.2) is 0 Å². The van der Waals surface area contributed by atoms with Crippen LogP contribution in [0.25, 0.3) is 50.8 Å². The van der Waals surface area contributed by atoms with Gasteiger partial charge in [-0.2, -0.15) is 0 Å². The van der Waals surface area contributed by atoms with Gasteiger partial charge in [-0.05, 0) is 79.3 Å². The Labute approximate surface area is 193 Å². The van der Waals surface area contributed by atoms with Crippen LogP contribution in [0.1, 0.15) is 41.0 Å². The average molecular weight is 428 g/mol. The zero-order valence-electron chi connectivity index (χ0n) is 18.8. The first-order chi connectivity index (χ1) is 16.3. The summed E-state index contributed by atoms with van der Waals surface area (Å²) in [6.45, 7) is 2.16. The van der Waals surface area contributed by atoms with E-state index in [0.29, 0.717) is 0 Å². The molecule has 2 aliphatic rings. The molecule has 0 radical (unpaired) electrons. The third-order valence-electron chi connectivity index (χ3n) is 7.17. The number of hydrogen-bond donors (Lipinski definition) is 0. The largest absolute Gasteiger partial charge is 0.460 e. The van der Waals surface area contributed by atoms with Gasteiger partial charge in [0.05, 0.1) is 5.52 Å². The summed E-state index contributed by atoms with van der Waals surface area (Å²) in [4.78, 5) is 0. The Bertz CT molecular complexity index is 1620. The second-order valence-electron chi connectivity index (χ2n) is 9.30. The number of nitrogens with zero attached hydrogens (tertiary/aromatic N) is 1. The lowest BCUT2D eigenvalue weighted by Gasteiger charge is -2.12. The summed E-state index contributed by atoms with van der Waals surface area (Å²) in [6.07, 6.45) is 13.3. The number of aryl methyl sites for hydroxylation is 3. The van der Waals surface area contributed by atoms with Gasteiger partial charge in [-0.1, -0.05) is 54.1 Å². The highest BCUT2D eigenvalue weighted by atomic mass is 16.3. The number of furan rings is 1. The summed E-state index contributed by atoms with van der Waals surface area (Å²) < 4.78 is 8.60. The summed E-state index contributed by atoms with van der Waals surface area (Å²) in [6, 6.07) is 22.4. The Hall–Kier alpha value is -3.78. The van der Waals surface area contributed by atoms with Gasteiger partial charge in [0, 0.05) is 34.1 Å². The van der Waals surface area contributed by atoms with Gasteiger partial charge >= 0.3 is 0 Å². The first-order valence-corrected chi connectivity index (χ1v) is 11.9. The van der Waals surface area contributed by atoms with E-state index in [9.17, 15) is 0 Å². The molecule has 0 spiro atoms. The monoisotopic (exact) mass is 427 g/mol. The normalized spacial score (nSPS) is 14.7. The molecular formula is C31H25NO. The molecule has 2 heteroatoms. The van der Waals surface area contributed by atoms with E-state index in [1.165, 1.54) is 55.5 Å². The minimum atomic E-state index is 0.984. The van der Waals surface area contributed by atoms with Crippen molar-refractivity contribution in [1.82, 2.24) is 4.57 Å². The van der Waals surface area contributed by atoms with E-state index in [1.54, 1.807) is 0 Å². The Morgan fingerprint density at radius 3 is 2.61 bits per heavy atom. The van der Waals surface area contributed by atoms with Gasteiger partial charge in [-0.3, -0.25) is 0 Å². The van der Waals surface area contributed by atoms with Crippen LogP contribution < -0.4 is 0 Å². The molecule has 0 aliphatic heterocycles. The van der Waals surface area contributed by atoms with Gasteiger partial charge in [0.1, 0.15) is 11.3 Å². The average Bonchev–Trinajstić information content (AvgIpc) is 3.39. The number of allylic oxidation sites excluding steroid dienone is 2. The van der Waals surface area contributed by atoms with E-state index in [1.807, 2.05) is 0 Å². The van der Waals surface area contributed by atoms with Crippen molar-refractivity contribution >= 4 is 34.0 Å². The van der Waals surface area contributed by atoms with Crippen LogP contribution in [0, 0.1) is 6.92 Å². The summed E-state index contributed by atoms with van der Waals surface area (Å²) in [7, 11) is 0. The van der Waals surface area contributed by atoms with E-state index in [0.717, 1.165) is 37.0 Å². The molecule has 2 heterocycles. The fourth-order valence-corrected chi connectivity index (χ4v) is 5.60. The maximum atomic E-state index is 6.16. The van der Waals surface area contributed by atoms with Crippen molar-refractivity contribution in [2.75, 3.05) is 0 Å². The number of benzene rings is 3. The van der Waals surface area contributed by atoms with Crippen molar-refractivity contribution < 1.29 is 4.42 Å². The number of aromatic nitrogens is 1. The van der Waals surface area contributed by atoms with Crippen LogP contribution in [-0.4, -0.2) is 4.57 Å². The molecule has 160 valence electrons. The smallest absolute Gasteiger partial charge is 0.135 e. The standard InChI is InChI=1S/C31H25NO/c1-20-7-6-8-21(17-20)22-13-15-29-26(18-22)24-9-2-4-11-28(24)32(29)23-14-16-31-27(19-23)25-10-3-5-12-30(25)33-31/h3-4,6-8,10-11,13-19H,2,5,9,12H2,1H3. The molecule has 33 heavy (non-hydrogen) atoms. The lowest BCUT2D eigenvalue weighted by atomic mass is 9.97. The van der Waals surface area contributed by atoms with Crippen molar-refractivity contribution in [1.29, 1.82) is 0 Å². The van der Waals surface area contributed by atoms with Crippen molar-refractivity contribution in [3.8, 4) is 16.8 Å². The van der Waals surface area contributed by atoms with Gasteiger partial charge in [-0.15, -0.1) is 0 Å². The third-order valence-corrected chi connectivity index (χ3v) is 7.17. The fraction of sp³-hybridized carbons (Fsp3) is 0.161. The van der Waals surface area contributed by atoms with Gasteiger partial charge in [0.15, 0.2) is 0 Å². The molecule has 0 saturated heterocycles. The lowest BCUT2D eigenvalue weighted by molar-refractivity contribution is 0.546. The molecule has 7 rings (SSSR count). The summed E-state index contributed by atoms with van der Waals surface area (Å²) >= 11 is 0. The summed E-state index contributed by atoms with van der Waals surface area (Å²) in [5.74, 6) is 1.12. The first kappa shape index (κ1) is 18.8. The van der Waals surface area contributed by atoms with Gasteiger partial charge in [0.25, 0.3) is 0 Å². The predicted molar refractivity (Wildman–Crippen MR) is 138 cm³/mol. The molecule has 0 unspecified atom stereocenters. The Morgan fingerprint density at radius 1 is 0.788 bits per heavy atom. The number of fused-ring (bicyclic) bond motifs is 6. The quantitative estimate of drug-likeness (QED) is 0.277. The number of rotatable bonds is 2. The lowest BCUT2D eigenvalue weighted by Crippen LogP contribution is -2.00. The minimum Gasteiger partial charge on any atom is -0.460 e. The van der Waals surface area contributed by atoms with Crippen molar-refractivity contribution in [2.45, 2.75) is 32.6 Å². The molecule has 2 nitrogen and oxygen atoms in total. The highest BCUT2D eigenvalue weighted by Gasteiger charge is 2.21. The van der Waals surface area contributed by atoms with Gasteiger partial charge < -0.3 is 8.98 Å². The second-order valence-corrected chi connectivity index (χ2v) is 9.30. The second kappa shape index (κ2) is 7.11. The van der Waals surface area contributed by atoms with E-state index >= 15 is 0 Å². The Morgan fingerprint density at radius 2 is 1.67 bits per heavy atom. The van der Waals surface area contributed by atoms with Crippen LogP contribution in [0.4, 0.5) is 0 Å². The molecule has 0 fully saturated rings. The molecule has 2 aliphatic carbocycles. The highest BCUT2D eigenvalue weighted by molar-refractivity contribution is 5.95. The molecule has 3 aromatic carbocycles. The maximum Gasteiger partial charge on any atom is 0.135 e. The van der Waals surface area contributed by atoms with Crippen LogP contribution in [-0.2, 0) is 12.8 Å². The molecule has 2 aromatic heterocycles. The molecule has 0 atom stereocenters. The Kier molecular flexibility index (Phi) is 4.04. The maximum absolute atomic E-state index is 6.16. The van der Waals surface area contributed by atoms with E-state index in [2.05, 4.69) is 96.5 Å². The van der Waals surface area contributed by atoms with E-state index in [-0.39, 0.29) is 0 Å². The highest BCUT2D eigenvalue weighted by Crippen LogP contribution is 2.38. The first-order valence-electron chi connectivity index (χ1n) is 11.9. The van der Waals surface area contributed by atoms with Crippen LogP contribution in [0.2, 0.25) is 0 Å². The van der Waals surface area contributed by atoms with Crippen LogP contribution in [0.3, 0.4) is 0 Å². The minimum absolute atomic E-state index is 0.984. The predicted octanol–water partition coefficient (Wildman–Crippen LogP) is 8.27. The van der Waals surface area contributed by atoms with Crippen LogP contribution in [0.15, 0.2) is 77.2 Å². The summed E-state index contributed by atoms with van der Waals surface area (Å²) in [5.41, 5.74) is 11.3. The van der Waals surface area contributed by atoms with Crippen LogP contribution >= 0.6 is 0 Å². The van der Waals surface area contributed by atoms with E-state index in [4.69, 9.17) is 4.42 Å². The number of hydrogen-bond acceptors (Lipinski definition) is 1. The molecular weight excluding hydrogens is 402 g/mol. The molecule has 0 amide bonds. The SMILES string of the molecule is Cc1cccc(-c2ccc3c(c2)c2c(n3-c3ccc4oc5c(c4c3)C=CCC5)C=CCC2)c1. The molecule has 0 N–H and O–H groups in total. The van der Waals surface area contributed by atoms with Gasteiger partial charge in [0.2, 0.25) is 0 Å². The molecule has 0 bridgehead atoms. The van der Waals surface area contributed by atoms with Crippen LogP contribution in [0.5, 0.6) is 0 Å². The van der Waals surface area contributed by atoms with E-state index < -0.39 is 0 Å². The fourth-order valence-electron chi connectivity index (χ4n) is 5.60. The van der Waals surface area contributed by atoms with Crippen molar-refractivity contribution in [3.63, 3.8) is 0 Å². The van der Waals surface area contributed by atoms with Crippen molar-refractivity contribution in [2.24, 2.45) is 0 Å². The topological polar surface area (TPSA) is 18.1 Å². The van der Waals surface area contributed by atoms with Crippen molar-refractivity contribution in [3.05, 3.63) is 101 Å². The third kappa shape index (κ3) is 2.87. The molecule has 5 aromatic rings. The zero-order valence-corrected chi connectivity index (χ0v) is 18.8. The zero-order chi connectivity index (χ0) is 21.9. The Balaban J connectivity index is 1.47. The molecule has 0 saturated carbocycles.